The topological polar surface area (TPSA) is 120 Å². The Morgan fingerprint density at radius 1 is 1.06 bits per heavy atom. The number of amides is 2. The molecule has 33 heavy (non-hydrogen) atoms. The largest absolute Gasteiger partial charge is 0.356 e. The third-order valence-electron chi connectivity index (χ3n) is 6.21. The maximum Gasteiger partial charge on any atom is 0.270 e. The van der Waals surface area contributed by atoms with Crippen LogP contribution in [0.3, 0.4) is 0 Å². The Labute approximate surface area is 193 Å². The van der Waals surface area contributed by atoms with Crippen LogP contribution in [-0.2, 0) is 14.8 Å². The van der Waals surface area contributed by atoms with E-state index in [1.807, 2.05) is 0 Å². The number of rotatable bonds is 6. The van der Waals surface area contributed by atoms with Crippen LogP contribution in [0.4, 0.5) is 5.69 Å². The summed E-state index contributed by atoms with van der Waals surface area (Å²) in [5, 5.41) is 2.80. The number of benzene rings is 1. The average molecular weight is 473 g/mol. The number of aromatic nitrogens is 1. The minimum Gasteiger partial charge on any atom is -0.356 e. The lowest BCUT2D eigenvalue weighted by Crippen LogP contribution is -2.43. The van der Waals surface area contributed by atoms with Crippen LogP contribution in [-0.4, -0.2) is 66.4 Å². The molecule has 0 aliphatic carbocycles. The molecule has 2 saturated heterocycles. The molecule has 10 heteroatoms. The lowest BCUT2D eigenvalue weighted by atomic mass is 9.98. The van der Waals surface area contributed by atoms with Crippen molar-refractivity contribution < 1.29 is 22.8 Å². The van der Waals surface area contributed by atoms with Crippen molar-refractivity contribution in [3.63, 3.8) is 0 Å². The second-order valence-corrected chi connectivity index (χ2v) is 10.5. The van der Waals surface area contributed by atoms with E-state index in [9.17, 15) is 22.8 Å². The van der Waals surface area contributed by atoms with E-state index in [0.717, 1.165) is 12.8 Å². The van der Waals surface area contributed by atoms with Crippen LogP contribution in [0, 0.1) is 5.92 Å². The van der Waals surface area contributed by atoms with Gasteiger partial charge in [-0.15, -0.1) is 0 Å². The van der Waals surface area contributed by atoms with Crippen LogP contribution >= 0.6 is 0 Å². The maximum atomic E-state index is 13.2. The molecule has 9 nitrogen and oxygen atoms in total. The minimum absolute atomic E-state index is 0.0280. The monoisotopic (exact) mass is 472 g/mol. The number of hydrogen-bond acceptors (Lipinski definition) is 5. The van der Waals surface area contributed by atoms with Gasteiger partial charge in [-0.3, -0.25) is 14.4 Å². The highest BCUT2D eigenvalue weighted by atomic mass is 32.2. The second-order valence-electron chi connectivity index (χ2n) is 8.58. The summed E-state index contributed by atoms with van der Waals surface area (Å²) in [5.41, 5.74) is 1.25. The van der Waals surface area contributed by atoms with Gasteiger partial charge in [-0.1, -0.05) is 12.1 Å². The summed E-state index contributed by atoms with van der Waals surface area (Å²) in [6.07, 6.45) is 4.36. The van der Waals surface area contributed by atoms with E-state index < -0.39 is 15.9 Å². The van der Waals surface area contributed by atoms with Crippen LogP contribution in [0.15, 0.2) is 41.4 Å². The quantitative estimate of drug-likeness (QED) is 0.626. The Hall–Kier alpha value is -2.98. The van der Waals surface area contributed by atoms with Gasteiger partial charge in [-0.05, 0) is 50.8 Å². The summed E-state index contributed by atoms with van der Waals surface area (Å²) in [6, 6.07) is 8.05. The molecule has 3 heterocycles. The normalized spacial score (nSPS) is 19.4. The Morgan fingerprint density at radius 2 is 1.82 bits per heavy atom. The average Bonchev–Trinajstić information content (AvgIpc) is 3.52. The van der Waals surface area contributed by atoms with E-state index in [1.54, 1.807) is 29.2 Å². The van der Waals surface area contributed by atoms with Gasteiger partial charge in [0.15, 0.2) is 5.78 Å². The smallest absolute Gasteiger partial charge is 0.270 e. The molecule has 2 aromatic rings. The van der Waals surface area contributed by atoms with Crippen molar-refractivity contribution in [2.45, 2.75) is 37.5 Å². The molecule has 1 atom stereocenters. The van der Waals surface area contributed by atoms with Crippen molar-refractivity contribution in [1.29, 1.82) is 0 Å². The van der Waals surface area contributed by atoms with Crippen molar-refractivity contribution in [3.8, 4) is 0 Å². The maximum absolute atomic E-state index is 13.2. The van der Waals surface area contributed by atoms with E-state index in [1.165, 1.54) is 23.5 Å². The number of hydrogen-bond donors (Lipinski definition) is 2. The summed E-state index contributed by atoms with van der Waals surface area (Å²) < 4.78 is 27.7. The van der Waals surface area contributed by atoms with Crippen LogP contribution in [0.1, 0.15) is 53.5 Å². The number of ketones is 1. The van der Waals surface area contributed by atoms with Gasteiger partial charge in [0.1, 0.15) is 10.6 Å². The zero-order chi connectivity index (χ0) is 23.6. The number of likely N-dealkylation sites (tertiary alicyclic amines) is 1. The Morgan fingerprint density at radius 3 is 2.55 bits per heavy atom. The summed E-state index contributed by atoms with van der Waals surface area (Å²) in [6.45, 7) is 3.18. The summed E-state index contributed by atoms with van der Waals surface area (Å²) in [7, 11) is -3.85. The molecule has 0 spiro atoms. The van der Waals surface area contributed by atoms with Crippen molar-refractivity contribution in [1.82, 2.24) is 14.2 Å². The number of carbonyl (C=O) groups excluding carboxylic acids is 3. The van der Waals surface area contributed by atoms with Crippen LogP contribution < -0.4 is 5.32 Å². The minimum atomic E-state index is -3.85. The van der Waals surface area contributed by atoms with Gasteiger partial charge in [0, 0.05) is 43.6 Å². The van der Waals surface area contributed by atoms with E-state index >= 15 is 0 Å². The number of sulfonamides is 1. The standard InChI is InChI=1S/C23H28N4O5S/c1-16(28)17-6-4-8-19(12-17)25-22(29)18-7-5-11-27(15-18)33(31,32)20-13-21(24-14-20)23(30)26-9-2-3-10-26/h4,6,8,12-14,18,24H,2-3,5,7,9-11,15H2,1H3,(H,25,29). The highest BCUT2D eigenvalue weighted by Crippen LogP contribution is 2.26. The SMILES string of the molecule is CC(=O)c1cccc(NC(=O)C2CCCN(S(=O)(=O)c3c[nH]c(C(=O)N4CCCC4)c3)C2)c1. The number of Topliss-reactive ketones (excluding diaryl/α,β-unsaturated/α-hetero) is 1. The Kier molecular flexibility index (Phi) is 6.66. The molecule has 0 radical (unpaired) electrons. The number of aromatic amines is 1. The zero-order valence-electron chi connectivity index (χ0n) is 18.5. The molecule has 2 N–H and O–H groups in total. The number of nitrogens with zero attached hydrogens (tertiary/aromatic N) is 2. The Bertz CT molecular complexity index is 1170. The predicted octanol–water partition coefficient (Wildman–Crippen LogP) is 2.49. The van der Waals surface area contributed by atoms with Crippen LogP contribution in [0.2, 0.25) is 0 Å². The molecule has 0 bridgehead atoms. The van der Waals surface area contributed by atoms with Gasteiger partial charge in [0.2, 0.25) is 15.9 Å². The number of H-pyrrole nitrogens is 1. The molecule has 4 rings (SSSR count). The first-order chi connectivity index (χ1) is 15.8. The van der Waals surface area contributed by atoms with Gasteiger partial charge in [-0.25, -0.2) is 8.42 Å². The molecular formula is C23H28N4O5S. The zero-order valence-corrected chi connectivity index (χ0v) is 19.4. The Balaban J connectivity index is 1.44. The van der Waals surface area contributed by atoms with Crippen LogP contribution in [0.25, 0.3) is 0 Å². The van der Waals surface area contributed by atoms with E-state index in [0.29, 0.717) is 43.7 Å². The van der Waals surface area contributed by atoms with Gasteiger partial charge in [0.05, 0.1) is 5.92 Å². The van der Waals surface area contributed by atoms with Crippen molar-refractivity contribution in [3.05, 3.63) is 47.8 Å². The lowest BCUT2D eigenvalue weighted by Gasteiger charge is -2.31. The molecule has 2 amide bonds. The van der Waals surface area contributed by atoms with Crippen molar-refractivity contribution in [2.24, 2.45) is 5.92 Å². The van der Waals surface area contributed by atoms with Gasteiger partial charge < -0.3 is 15.2 Å². The van der Waals surface area contributed by atoms with Gasteiger partial charge in [0.25, 0.3) is 5.91 Å². The van der Waals surface area contributed by atoms with Gasteiger partial charge >= 0.3 is 0 Å². The summed E-state index contributed by atoms with van der Waals surface area (Å²) in [4.78, 5) is 41.5. The lowest BCUT2D eigenvalue weighted by molar-refractivity contribution is -0.120. The van der Waals surface area contributed by atoms with E-state index in [4.69, 9.17) is 0 Å². The number of carbonyl (C=O) groups is 3. The second kappa shape index (κ2) is 9.48. The first-order valence-corrected chi connectivity index (χ1v) is 12.6. The summed E-state index contributed by atoms with van der Waals surface area (Å²) in [5.74, 6) is -1.10. The fraction of sp³-hybridized carbons (Fsp3) is 0.435. The number of piperidine rings is 1. The predicted molar refractivity (Wildman–Crippen MR) is 122 cm³/mol. The van der Waals surface area contributed by atoms with E-state index in [-0.39, 0.29) is 34.7 Å². The van der Waals surface area contributed by atoms with Gasteiger partial charge in [-0.2, -0.15) is 4.31 Å². The molecule has 176 valence electrons. The van der Waals surface area contributed by atoms with Crippen molar-refractivity contribution in [2.75, 3.05) is 31.5 Å². The molecule has 0 saturated carbocycles. The first-order valence-electron chi connectivity index (χ1n) is 11.2. The van der Waals surface area contributed by atoms with Crippen LogP contribution in [0.5, 0.6) is 0 Å². The third-order valence-corrected chi connectivity index (χ3v) is 8.05. The molecular weight excluding hydrogens is 444 g/mol. The highest BCUT2D eigenvalue weighted by molar-refractivity contribution is 7.89. The molecule has 1 unspecified atom stereocenters. The van der Waals surface area contributed by atoms with E-state index in [2.05, 4.69) is 10.3 Å². The molecule has 2 aliphatic rings. The highest BCUT2D eigenvalue weighted by Gasteiger charge is 2.34. The summed E-state index contributed by atoms with van der Waals surface area (Å²) >= 11 is 0. The number of anilines is 1. The first kappa shape index (κ1) is 23.2. The number of nitrogens with one attached hydrogen (secondary N) is 2. The fourth-order valence-electron chi connectivity index (χ4n) is 4.32. The fourth-order valence-corrected chi connectivity index (χ4v) is 5.84. The molecule has 1 aromatic heterocycles. The third kappa shape index (κ3) is 5.01. The van der Waals surface area contributed by atoms with Crippen molar-refractivity contribution >= 4 is 33.3 Å². The molecule has 1 aromatic carbocycles. The molecule has 2 fully saturated rings. The molecule has 2 aliphatic heterocycles.